The van der Waals surface area contributed by atoms with E-state index in [0.717, 1.165) is 67.4 Å². The van der Waals surface area contributed by atoms with Gasteiger partial charge in [-0.3, -0.25) is 4.98 Å². The van der Waals surface area contributed by atoms with E-state index in [9.17, 15) is 5.11 Å². The molecule has 8 rings (SSSR count). The van der Waals surface area contributed by atoms with Crippen molar-refractivity contribution in [3.63, 3.8) is 0 Å². The van der Waals surface area contributed by atoms with E-state index in [4.69, 9.17) is 19.9 Å². The third-order valence-corrected chi connectivity index (χ3v) is 14.1. The molecule has 3 aromatic heterocycles. The van der Waals surface area contributed by atoms with Crippen LogP contribution in [0.1, 0.15) is 182 Å². The molecule has 0 spiro atoms. The summed E-state index contributed by atoms with van der Waals surface area (Å²) in [6, 6.07) is 41.0. The summed E-state index contributed by atoms with van der Waals surface area (Å²) in [4.78, 5) is 21.5. The Morgan fingerprint density at radius 1 is 0.493 bits per heavy atom. The van der Waals surface area contributed by atoms with E-state index in [2.05, 4.69) is 245 Å². The molecule has 0 saturated heterocycles. The molecule has 1 N–H and O–H groups in total. The van der Waals surface area contributed by atoms with Crippen molar-refractivity contribution >= 4 is 11.2 Å². The van der Waals surface area contributed by atoms with Crippen LogP contribution in [-0.4, -0.2) is 29.6 Å². The number of nitrogens with zero attached hydrogens (tertiary/aromatic N) is 5. The number of pyridine rings is 1. The van der Waals surface area contributed by atoms with Crippen molar-refractivity contribution < 1.29 is 26.2 Å². The molecule has 0 saturated carbocycles. The van der Waals surface area contributed by atoms with Crippen LogP contribution in [-0.2, 0) is 48.1 Å². The van der Waals surface area contributed by atoms with Crippen LogP contribution >= 0.6 is 0 Å². The Kier molecular flexibility index (Phi) is 15.0. The van der Waals surface area contributed by atoms with E-state index in [1.54, 1.807) is 0 Å². The zero-order chi connectivity index (χ0) is 52.6. The number of phenolic OH excluding ortho intramolecular Hbond substituents is 1. The summed E-state index contributed by atoms with van der Waals surface area (Å²) in [6.07, 6.45) is 1.97. The van der Waals surface area contributed by atoms with Crippen LogP contribution in [0.25, 0.3) is 73.3 Å². The van der Waals surface area contributed by atoms with E-state index < -0.39 is 0 Å². The molecule has 0 radical (unpaired) electrons. The fourth-order valence-electron chi connectivity index (χ4n) is 9.48. The largest absolute Gasteiger partial charge is 0.507 e. The maximum absolute atomic E-state index is 12.1. The Balaban J connectivity index is 0.00000780. The molecule has 0 bridgehead atoms. The molecule has 0 amide bonds. The second-order valence-electron chi connectivity index (χ2n) is 25.9. The zero-order valence-electron chi connectivity index (χ0n) is 47.0. The summed E-state index contributed by atoms with van der Waals surface area (Å²) < 4.78 is 2.30. The molecule has 6 nitrogen and oxygen atoms in total. The average Bonchev–Trinajstić information content (AvgIpc) is 3.68. The predicted molar refractivity (Wildman–Crippen MR) is 304 cm³/mol. The first-order valence-electron chi connectivity index (χ1n) is 26.0. The van der Waals surface area contributed by atoms with Crippen LogP contribution in [0.15, 0.2) is 109 Å². The first kappa shape index (κ1) is 55.0. The average molecular weight is 1150 g/mol. The van der Waals surface area contributed by atoms with Gasteiger partial charge in [-0.15, -0.1) is 24.3 Å². The summed E-state index contributed by atoms with van der Waals surface area (Å²) in [6.45, 7) is 42.5. The number of phenols is 1. The standard InChI is InChI=1S/C66H78N5O.Pt/c1-39(2)50-31-44(41-24-21-20-22-25-41)32-51(40(3)4)57(50)71-56-38-67-59(45-29-46(62(5,6)7)33-47(30-45)63(8,9)10)69-60(56)70-61(71)43-27-23-26-42(28-43)54-36-49(65(14,15)16)37-55(68-54)52-34-48(64(11,12)13)35-53(58(52)72)66(17,18)19;/h20-27,29-40,72H,1-19H3;/q-1;. The fraction of sp³-hybridized carbons (Fsp3) is 0.394. The number of imidazole rings is 1. The van der Waals surface area contributed by atoms with Crippen LogP contribution in [0.5, 0.6) is 5.75 Å². The maximum Gasteiger partial charge on any atom is 0.174 e. The van der Waals surface area contributed by atoms with Crippen LogP contribution in [0.4, 0.5) is 0 Å². The molecular weight excluding hydrogens is 1070 g/mol. The van der Waals surface area contributed by atoms with Gasteiger partial charge in [0, 0.05) is 49.1 Å². The van der Waals surface area contributed by atoms with Crippen LogP contribution in [0.2, 0.25) is 0 Å². The third kappa shape index (κ3) is 11.4. The Morgan fingerprint density at radius 3 is 1.55 bits per heavy atom. The third-order valence-electron chi connectivity index (χ3n) is 14.1. The number of benzene rings is 5. The normalized spacial score (nSPS) is 12.8. The second kappa shape index (κ2) is 19.9. The molecule has 0 aliphatic rings. The van der Waals surface area contributed by atoms with E-state index in [1.807, 2.05) is 6.20 Å². The fourth-order valence-corrected chi connectivity index (χ4v) is 9.48. The Bertz CT molecular complexity index is 3260. The number of rotatable bonds is 8. The molecule has 73 heavy (non-hydrogen) atoms. The van der Waals surface area contributed by atoms with Crippen molar-refractivity contribution in [2.75, 3.05) is 0 Å². The number of hydrogen-bond acceptors (Lipinski definition) is 5. The van der Waals surface area contributed by atoms with Gasteiger partial charge >= 0.3 is 0 Å². The van der Waals surface area contributed by atoms with E-state index in [0.29, 0.717) is 11.5 Å². The summed E-state index contributed by atoms with van der Waals surface area (Å²) in [5, 5.41) is 12.1. The summed E-state index contributed by atoms with van der Waals surface area (Å²) >= 11 is 0. The first-order valence-corrected chi connectivity index (χ1v) is 26.0. The molecular formula is C66H78N5OPt-. The van der Waals surface area contributed by atoms with Crippen molar-refractivity contribution in [3.05, 3.63) is 154 Å². The number of aromatic nitrogens is 5. The van der Waals surface area contributed by atoms with Crippen LogP contribution < -0.4 is 0 Å². The molecule has 7 heteroatoms. The first-order chi connectivity index (χ1) is 33.4. The van der Waals surface area contributed by atoms with Gasteiger partial charge < -0.3 is 9.67 Å². The summed E-state index contributed by atoms with van der Waals surface area (Å²) in [5.74, 6) is 1.99. The molecule has 0 aliphatic heterocycles. The van der Waals surface area contributed by atoms with Crippen molar-refractivity contribution in [1.82, 2.24) is 24.5 Å². The SMILES string of the molecule is CC(C)c1cc(-c2ccccc2)cc(C(C)C)c1-n1c(-c2[c-]c(-c3cc(C(C)(C)C)cc(-c4cc(C(C)(C)C)cc(C(C)(C)C)c4O)n3)ccc2)nc2nc(-c3cc(C(C)(C)C)cc(C(C)(C)C)c3)ncc21.[Pt]. The molecule has 8 aromatic rings. The van der Waals surface area contributed by atoms with Gasteiger partial charge in [-0.1, -0.05) is 191 Å². The van der Waals surface area contributed by atoms with Gasteiger partial charge in [0.25, 0.3) is 0 Å². The molecule has 0 fully saturated rings. The number of hydrogen-bond donors (Lipinski definition) is 1. The second-order valence-corrected chi connectivity index (χ2v) is 25.9. The van der Waals surface area contributed by atoms with Crippen molar-refractivity contribution in [2.24, 2.45) is 0 Å². The topological polar surface area (TPSA) is 76.7 Å². The van der Waals surface area contributed by atoms with E-state index >= 15 is 0 Å². The molecule has 384 valence electrons. The van der Waals surface area contributed by atoms with Gasteiger partial charge in [0.15, 0.2) is 11.5 Å². The minimum absolute atomic E-state index is 0. The molecule has 0 aliphatic carbocycles. The van der Waals surface area contributed by atoms with Gasteiger partial charge in [-0.25, -0.2) is 15.0 Å². The molecule has 0 atom stereocenters. The summed E-state index contributed by atoms with van der Waals surface area (Å²) in [7, 11) is 0. The Morgan fingerprint density at radius 2 is 1.01 bits per heavy atom. The smallest absolute Gasteiger partial charge is 0.174 e. The minimum atomic E-state index is -0.290. The van der Waals surface area contributed by atoms with Crippen molar-refractivity contribution in [1.29, 1.82) is 0 Å². The van der Waals surface area contributed by atoms with Crippen molar-refractivity contribution in [3.8, 4) is 67.9 Å². The number of aromatic hydroxyl groups is 1. The molecule has 0 unspecified atom stereocenters. The van der Waals surface area contributed by atoms with Gasteiger partial charge in [0.05, 0.1) is 17.7 Å². The van der Waals surface area contributed by atoms with Crippen molar-refractivity contribution in [2.45, 2.75) is 170 Å². The van der Waals surface area contributed by atoms with Crippen LogP contribution in [0, 0.1) is 6.07 Å². The number of fused-ring (bicyclic) bond motifs is 1. The van der Waals surface area contributed by atoms with E-state index in [-0.39, 0.29) is 65.7 Å². The van der Waals surface area contributed by atoms with Gasteiger partial charge in [-0.05, 0) is 120 Å². The van der Waals surface area contributed by atoms with E-state index in [1.165, 1.54) is 33.4 Å². The van der Waals surface area contributed by atoms with Gasteiger partial charge in [0.1, 0.15) is 11.3 Å². The summed E-state index contributed by atoms with van der Waals surface area (Å²) in [5.41, 5.74) is 17.0. The van der Waals surface area contributed by atoms with Gasteiger partial charge in [0.2, 0.25) is 0 Å². The maximum atomic E-state index is 12.1. The quantitative estimate of drug-likeness (QED) is 0.153. The molecule has 5 aromatic carbocycles. The molecule has 3 heterocycles. The Hall–Kier alpha value is -5.71. The Labute approximate surface area is 451 Å². The minimum Gasteiger partial charge on any atom is -0.507 e. The monoisotopic (exact) mass is 1150 g/mol. The zero-order valence-corrected chi connectivity index (χ0v) is 49.3. The van der Waals surface area contributed by atoms with Gasteiger partial charge in [-0.2, -0.15) is 0 Å². The predicted octanol–water partition coefficient (Wildman–Crippen LogP) is 17.8. The van der Waals surface area contributed by atoms with Crippen LogP contribution in [0.3, 0.4) is 0 Å².